The van der Waals surface area contributed by atoms with Crippen LogP contribution in [0.3, 0.4) is 0 Å². The molecule has 3 rings (SSSR count). The van der Waals surface area contributed by atoms with Gasteiger partial charge < -0.3 is 19.8 Å². The molecule has 0 radical (unpaired) electrons. The van der Waals surface area contributed by atoms with Gasteiger partial charge in [0.15, 0.2) is 5.75 Å². The van der Waals surface area contributed by atoms with Crippen molar-refractivity contribution in [2.45, 2.75) is 6.54 Å². The molecule has 2 aromatic carbocycles. The number of hydrogen-bond acceptors (Lipinski definition) is 5. The topological polar surface area (TPSA) is 87.1 Å². The summed E-state index contributed by atoms with van der Waals surface area (Å²) in [6.45, 7) is 0.255. The van der Waals surface area contributed by atoms with Crippen molar-refractivity contribution in [2.75, 3.05) is 19.5 Å². The Morgan fingerprint density at radius 1 is 1.23 bits per heavy atom. The van der Waals surface area contributed by atoms with E-state index >= 15 is 0 Å². The monoisotopic (exact) mass is 369 g/mol. The van der Waals surface area contributed by atoms with Gasteiger partial charge in [0, 0.05) is 28.6 Å². The normalized spacial score (nSPS) is 10.4. The number of nitriles is 1. The number of aromatic nitrogens is 1. The van der Waals surface area contributed by atoms with Gasteiger partial charge in [0.05, 0.1) is 31.0 Å². The Balaban J connectivity index is 1.97. The predicted octanol–water partition coefficient (Wildman–Crippen LogP) is 3.68. The molecule has 2 N–H and O–H groups in total. The van der Waals surface area contributed by atoms with Gasteiger partial charge in [-0.3, -0.25) is 4.79 Å². The van der Waals surface area contributed by atoms with Crippen molar-refractivity contribution in [1.29, 1.82) is 5.26 Å². The van der Waals surface area contributed by atoms with Crippen LogP contribution in [0.2, 0.25) is 5.02 Å². The summed E-state index contributed by atoms with van der Waals surface area (Å²) >= 11 is 6.11. The molecule has 0 saturated heterocycles. The van der Waals surface area contributed by atoms with Gasteiger partial charge in [-0.2, -0.15) is 5.26 Å². The van der Waals surface area contributed by atoms with Crippen LogP contribution in [-0.4, -0.2) is 19.2 Å². The van der Waals surface area contributed by atoms with Gasteiger partial charge in [0.25, 0.3) is 5.56 Å². The molecule has 0 bridgehead atoms. The van der Waals surface area contributed by atoms with Crippen LogP contribution in [0.1, 0.15) is 11.1 Å². The number of ether oxygens (including phenoxy) is 2. The van der Waals surface area contributed by atoms with Crippen LogP contribution in [0.25, 0.3) is 10.9 Å². The maximum absolute atomic E-state index is 12.4. The Labute approximate surface area is 154 Å². The highest BCUT2D eigenvalue weighted by Gasteiger charge is 2.11. The Hall–Kier alpha value is -3.17. The maximum Gasteiger partial charge on any atom is 0.253 e. The first-order chi connectivity index (χ1) is 12.6. The van der Waals surface area contributed by atoms with E-state index < -0.39 is 0 Å². The number of anilines is 1. The van der Waals surface area contributed by atoms with Crippen LogP contribution in [-0.2, 0) is 6.54 Å². The predicted molar refractivity (Wildman–Crippen MR) is 101 cm³/mol. The number of nitrogens with zero attached hydrogens (tertiary/aromatic N) is 1. The van der Waals surface area contributed by atoms with Crippen LogP contribution < -0.4 is 20.3 Å². The van der Waals surface area contributed by atoms with E-state index in [0.29, 0.717) is 38.9 Å². The summed E-state index contributed by atoms with van der Waals surface area (Å²) in [5.41, 5.74) is 1.93. The lowest BCUT2D eigenvalue weighted by Gasteiger charge is -2.13. The van der Waals surface area contributed by atoms with Gasteiger partial charge >= 0.3 is 0 Å². The molecule has 3 aromatic rings. The second-order valence-corrected chi connectivity index (χ2v) is 5.98. The lowest BCUT2D eigenvalue weighted by molar-refractivity contribution is 0.415. The molecule has 132 valence electrons. The van der Waals surface area contributed by atoms with E-state index in [1.165, 1.54) is 14.2 Å². The highest BCUT2D eigenvalue weighted by atomic mass is 35.5. The molecule has 1 aromatic heterocycles. The third-order valence-corrected chi connectivity index (χ3v) is 4.20. The van der Waals surface area contributed by atoms with Crippen LogP contribution >= 0.6 is 11.6 Å². The fourth-order valence-electron chi connectivity index (χ4n) is 2.76. The van der Waals surface area contributed by atoms with Gasteiger partial charge in [0.1, 0.15) is 11.8 Å². The third kappa shape index (κ3) is 3.30. The van der Waals surface area contributed by atoms with Crippen LogP contribution in [0.5, 0.6) is 11.5 Å². The molecule has 7 heteroatoms. The number of H-pyrrole nitrogens is 1. The second-order valence-electron chi connectivity index (χ2n) is 5.55. The van der Waals surface area contributed by atoms with E-state index in [2.05, 4.69) is 16.4 Å². The molecular formula is C19H16ClN3O3. The molecule has 0 aliphatic heterocycles. The second kappa shape index (κ2) is 7.38. The summed E-state index contributed by atoms with van der Waals surface area (Å²) in [5.74, 6) is 0.949. The zero-order chi connectivity index (χ0) is 18.7. The van der Waals surface area contributed by atoms with Crippen LogP contribution in [0, 0.1) is 11.3 Å². The van der Waals surface area contributed by atoms with Crippen LogP contribution in [0.4, 0.5) is 5.69 Å². The molecule has 26 heavy (non-hydrogen) atoms. The van der Waals surface area contributed by atoms with E-state index in [1.54, 1.807) is 36.4 Å². The fourth-order valence-corrected chi connectivity index (χ4v) is 2.98. The number of methoxy groups -OCH3 is 2. The summed E-state index contributed by atoms with van der Waals surface area (Å²) in [6.07, 6.45) is 0. The molecule has 0 aliphatic carbocycles. The molecular weight excluding hydrogens is 354 g/mol. The van der Waals surface area contributed by atoms with E-state index in [0.717, 1.165) is 5.39 Å². The minimum atomic E-state index is -0.235. The van der Waals surface area contributed by atoms with E-state index in [4.69, 9.17) is 26.3 Å². The van der Waals surface area contributed by atoms with Gasteiger partial charge in [0.2, 0.25) is 0 Å². The van der Waals surface area contributed by atoms with E-state index in [1.807, 2.05) is 0 Å². The fraction of sp³-hybridized carbons (Fsp3) is 0.158. The minimum absolute atomic E-state index is 0.235. The molecule has 0 amide bonds. The molecule has 6 nitrogen and oxygen atoms in total. The Kier molecular flexibility index (Phi) is 5.01. The Bertz CT molecular complexity index is 1070. The van der Waals surface area contributed by atoms with E-state index in [-0.39, 0.29) is 12.1 Å². The first-order valence-corrected chi connectivity index (χ1v) is 8.15. The van der Waals surface area contributed by atoms with Gasteiger partial charge in [-0.05, 0) is 24.3 Å². The highest BCUT2D eigenvalue weighted by Crippen LogP contribution is 2.30. The summed E-state index contributed by atoms with van der Waals surface area (Å²) in [4.78, 5) is 15.2. The minimum Gasteiger partial charge on any atom is -0.494 e. The number of rotatable bonds is 5. The number of benzene rings is 2. The maximum atomic E-state index is 12.4. The number of pyridine rings is 1. The number of hydrogen-bond donors (Lipinski definition) is 2. The van der Waals surface area contributed by atoms with Gasteiger partial charge in [-0.15, -0.1) is 0 Å². The van der Waals surface area contributed by atoms with E-state index in [9.17, 15) is 4.79 Å². The average molecular weight is 370 g/mol. The lowest BCUT2D eigenvalue weighted by atomic mass is 10.1. The smallest absolute Gasteiger partial charge is 0.253 e. The quantitative estimate of drug-likeness (QED) is 0.716. The zero-order valence-corrected chi connectivity index (χ0v) is 15.0. The van der Waals surface area contributed by atoms with Crippen molar-refractivity contribution in [3.05, 3.63) is 62.9 Å². The molecule has 0 unspecified atom stereocenters. The number of para-hydroxylation sites is 1. The number of nitrogens with one attached hydrogen (secondary N) is 2. The largest absolute Gasteiger partial charge is 0.494 e. The van der Waals surface area contributed by atoms with Crippen molar-refractivity contribution < 1.29 is 9.47 Å². The standard InChI is InChI=1S/C19H16ClN3O3/c1-25-16-8-14(20)7-12-6-13(19(24)23-17(12)16)10-22-15-5-3-4-11(9-21)18(15)26-2/h3-8,22H,10H2,1-2H3,(H,23,24). The molecule has 0 spiro atoms. The first kappa shape index (κ1) is 17.6. The van der Waals surface area contributed by atoms with Crippen molar-refractivity contribution >= 4 is 28.2 Å². The summed E-state index contributed by atoms with van der Waals surface area (Å²) in [6, 6.07) is 12.4. The number of aromatic amines is 1. The summed E-state index contributed by atoms with van der Waals surface area (Å²) in [7, 11) is 3.02. The summed E-state index contributed by atoms with van der Waals surface area (Å²) < 4.78 is 10.6. The lowest BCUT2D eigenvalue weighted by Crippen LogP contribution is -2.16. The number of halogens is 1. The number of fused-ring (bicyclic) bond motifs is 1. The molecule has 1 heterocycles. The third-order valence-electron chi connectivity index (χ3n) is 3.99. The van der Waals surface area contributed by atoms with Crippen LogP contribution in [0.15, 0.2) is 41.2 Å². The molecule has 0 saturated carbocycles. The molecule has 0 fully saturated rings. The van der Waals surface area contributed by atoms with Crippen molar-refractivity contribution in [2.24, 2.45) is 0 Å². The van der Waals surface area contributed by atoms with Gasteiger partial charge in [-0.25, -0.2) is 0 Å². The first-order valence-electron chi connectivity index (χ1n) is 7.77. The zero-order valence-electron chi connectivity index (χ0n) is 14.2. The highest BCUT2D eigenvalue weighted by molar-refractivity contribution is 6.31. The Morgan fingerprint density at radius 3 is 2.73 bits per heavy atom. The SMILES string of the molecule is COc1c(C#N)cccc1NCc1cc2cc(Cl)cc(OC)c2[nH]c1=O. The average Bonchev–Trinajstić information content (AvgIpc) is 2.65. The van der Waals surface area contributed by atoms with Gasteiger partial charge in [-0.1, -0.05) is 17.7 Å². The summed E-state index contributed by atoms with van der Waals surface area (Å²) in [5, 5.41) is 13.6. The van der Waals surface area contributed by atoms with Crippen molar-refractivity contribution in [1.82, 2.24) is 4.98 Å². The Morgan fingerprint density at radius 2 is 2.04 bits per heavy atom. The molecule has 0 atom stereocenters. The van der Waals surface area contributed by atoms with Crippen molar-refractivity contribution in [3.63, 3.8) is 0 Å². The van der Waals surface area contributed by atoms with Crippen molar-refractivity contribution in [3.8, 4) is 17.6 Å². The molecule has 0 aliphatic rings.